The lowest BCUT2D eigenvalue weighted by Crippen LogP contribution is -2.61. The van der Waals surface area contributed by atoms with Crippen molar-refractivity contribution in [2.24, 2.45) is 4.99 Å². The molecule has 0 amide bonds. The quantitative estimate of drug-likeness (QED) is 0.449. The summed E-state index contributed by atoms with van der Waals surface area (Å²) in [7, 11) is 2.13. The molecule has 1 fully saturated rings. The van der Waals surface area contributed by atoms with Crippen LogP contribution < -0.4 is 14.5 Å². The van der Waals surface area contributed by atoms with Gasteiger partial charge in [-0.2, -0.15) is 0 Å². The van der Waals surface area contributed by atoms with Crippen molar-refractivity contribution in [2.45, 2.75) is 50.7 Å². The summed E-state index contributed by atoms with van der Waals surface area (Å²) in [6.45, 7) is 6.74. The Kier molecular flexibility index (Phi) is 4.30. The molecule has 0 aromatic heterocycles. The Morgan fingerprint density at radius 1 is 0.844 bits per heavy atom. The largest absolute Gasteiger partial charge is 0.459 e. The molecular weight excluding hydrogens is 394 g/mol. The number of rotatable bonds is 1. The predicted molar refractivity (Wildman–Crippen MR) is 134 cm³/mol. The van der Waals surface area contributed by atoms with E-state index in [1.807, 2.05) is 6.21 Å². The van der Waals surface area contributed by atoms with Crippen molar-refractivity contribution < 1.29 is 4.74 Å². The molecule has 1 saturated heterocycles. The Bertz CT molecular complexity index is 1220. The van der Waals surface area contributed by atoms with Crippen molar-refractivity contribution in [2.75, 3.05) is 29.9 Å². The maximum absolute atomic E-state index is 7.01. The number of hydrogen-bond acceptors (Lipinski definition) is 4. The number of likely N-dealkylation sites (N-methyl/N-ethyl adjacent to an activating group) is 1. The summed E-state index contributed by atoms with van der Waals surface area (Å²) in [5.74, 6) is 0.887. The van der Waals surface area contributed by atoms with Crippen molar-refractivity contribution in [1.29, 1.82) is 0 Å². The lowest BCUT2D eigenvalue weighted by Gasteiger charge is -2.45. The molecule has 0 radical (unpaired) electrons. The monoisotopic (exact) mass is 425 g/mol. The molecule has 6 rings (SSSR count). The molecule has 3 aromatic rings. The molecule has 3 aromatic carbocycles. The van der Waals surface area contributed by atoms with Crippen molar-refractivity contribution in [3.8, 4) is 5.75 Å². The molecule has 0 N–H and O–H groups in total. The third-order valence-electron chi connectivity index (χ3n) is 7.87. The molecule has 3 heterocycles. The lowest BCUT2D eigenvalue weighted by atomic mass is 9.77. The number of hydrogen-bond donors (Lipinski definition) is 0. The average Bonchev–Trinajstić information content (AvgIpc) is 3.04. The third-order valence-corrected chi connectivity index (χ3v) is 7.87. The molecule has 3 aliphatic heterocycles. The predicted octanol–water partition coefficient (Wildman–Crippen LogP) is 6.44. The van der Waals surface area contributed by atoms with Crippen LogP contribution in [0, 0.1) is 0 Å². The number of benzene rings is 3. The highest BCUT2D eigenvalue weighted by atomic mass is 16.5. The van der Waals surface area contributed by atoms with Crippen LogP contribution in [-0.2, 0) is 5.41 Å². The number of anilines is 2. The van der Waals surface area contributed by atoms with E-state index in [9.17, 15) is 0 Å². The van der Waals surface area contributed by atoms with Crippen LogP contribution in [0.3, 0.4) is 0 Å². The summed E-state index contributed by atoms with van der Waals surface area (Å²) >= 11 is 0. The Balaban J connectivity index is 1.52. The highest BCUT2D eigenvalue weighted by Gasteiger charge is 2.58. The summed E-state index contributed by atoms with van der Waals surface area (Å²) in [6, 6.07) is 19.5. The van der Waals surface area contributed by atoms with E-state index in [0.29, 0.717) is 0 Å². The first kappa shape index (κ1) is 19.7. The van der Waals surface area contributed by atoms with Gasteiger partial charge in [-0.25, -0.2) is 0 Å². The van der Waals surface area contributed by atoms with Gasteiger partial charge in [0.1, 0.15) is 5.69 Å². The minimum Gasteiger partial charge on any atom is -0.459 e. The normalized spacial score (nSPS) is 23.7. The Hall–Kier alpha value is -3.01. The summed E-state index contributed by atoms with van der Waals surface area (Å²) in [4.78, 5) is 9.90. The maximum Gasteiger partial charge on any atom is 0.228 e. The van der Waals surface area contributed by atoms with Gasteiger partial charge in [0.15, 0.2) is 5.75 Å². The molecule has 1 atom stereocenters. The van der Waals surface area contributed by atoms with Crippen LogP contribution in [0.4, 0.5) is 17.1 Å². The molecule has 3 aliphatic rings. The summed E-state index contributed by atoms with van der Waals surface area (Å²) in [5, 5.41) is 2.44. The van der Waals surface area contributed by atoms with Crippen LogP contribution in [0.25, 0.3) is 10.8 Å². The smallest absolute Gasteiger partial charge is 0.228 e. The number of ether oxygens (including phenoxy) is 1. The zero-order valence-electron chi connectivity index (χ0n) is 19.3. The standard InChI is InChI=1S/C28H31N3O/c1-27(2)22-14-8-9-15-23(22)30(3)28(27)19-29-26-21-13-7-6-12-20(21)24(18-25(26)32-28)31-16-10-4-5-11-17-31/h6-9,12-15,18-19H,4-5,10-11,16-17H2,1-3H3. The van der Waals surface area contributed by atoms with Crippen LogP contribution in [-0.4, -0.2) is 32.1 Å². The second-order valence-corrected chi connectivity index (χ2v) is 9.95. The Morgan fingerprint density at radius 2 is 1.53 bits per heavy atom. The first-order valence-electron chi connectivity index (χ1n) is 11.9. The fourth-order valence-corrected chi connectivity index (χ4v) is 5.98. The number of aliphatic imine (C=N–C) groups is 1. The number of nitrogens with zero attached hydrogens (tertiary/aromatic N) is 3. The lowest BCUT2D eigenvalue weighted by molar-refractivity contribution is 0.0827. The van der Waals surface area contributed by atoms with Crippen LogP contribution in [0.1, 0.15) is 45.1 Å². The van der Waals surface area contributed by atoms with Gasteiger partial charge in [0, 0.05) is 48.4 Å². The van der Waals surface area contributed by atoms with Crippen molar-refractivity contribution in [3.63, 3.8) is 0 Å². The molecule has 0 aliphatic carbocycles. The maximum atomic E-state index is 7.01. The zero-order chi connectivity index (χ0) is 21.9. The molecule has 4 nitrogen and oxygen atoms in total. The molecule has 0 bridgehead atoms. The van der Waals surface area contributed by atoms with E-state index in [0.717, 1.165) is 24.5 Å². The van der Waals surface area contributed by atoms with E-state index >= 15 is 0 Å². The van der Waals surface area contributed by atoms with Gasteiger partial charge in [0.05, 0.1) is 11.6 Å². The van der Waals surface area contributed by atoms with E-state index in [1.54, 1.807) is 0 Å². The van der Waals surface area contributed by atoms with Crippen molar-refractivity contribution >= 4 is 34.0 Å². The van der Waals surface area contributed by atoms with E-state index in [1.165, 1.54) is 53.4 Å². The summed E-state index contributed by atoms with van der Waals surface area (Å²) in [6.07, 6.45) is 7.17. The van der Waals surface area contributed by atoms with Gasteiger partial charge < -0.3 is 14.5 Å². The SMILES string of the molecule is CN1c2ccccc2C(C)(C)C12C=Nc1c(cc(N3CCCCCC3)c3ccccc13)O2. The molecule has 1 spiro atoms. The average molecular weight is 426 g/mol. The second-order valence-electron chi connectivity index (χ2n) is 9.95. The van der Waals surface area contributed by atoms with Crippen LogP contribution in [0.15, 0.2) is 59.6 Å². The molecule has 32 heavy (non-hydrogen) atoms. The second kappa shape index (κ2) is 6.99. The van der Waals surface area contributed by atoms with Gasteiger partial charge in [-0.3, -0.25) is 4.99 Å². The molecule has 164 valence electrons. The van der Waals surface area contributed by atoms with E-state index in [4.69, 9.17) is 9.73 Å². The van der Waals surface area contributed by atoms with Crippen molar-refractivity contribution in [1.82, 2.24) is 0 Å². The van der Waals surface area contributed by atoms with Crippen LogP contribution in [0.2, 0.25) is 0 Å². The highest BCUT2D eigenvalue weighted by molar-refractivity contribution is 6.06. The first-order chi connectivity index (χ1) is 15.5. The topological polar surface area (TPSA) is 28.1 Å². The molecule has 4 heteroatoms. The third kappa shape index (κ3) is 2.58. The van der Waals surface area contributed by atoms with Gasteiger partial charge in [0.25, 0.3) is 0 Å². The fourth-order valence-electron chi connectivity index (χ4n) is 5.98. The van der Waals surface area contributed by atoms with Gasteiger partial charge in [0.2, 0.25) is 5.72 Å². The van der Waals surface area contributed by atoms with Crippen LogP contribution in [0.5, 0.6) is 5.75 Å². The minimum atomic E-state index is -0.651. The Labute approximate surface area is 190 Å². The van der Waals surface area contributed by atoms with E-state index < -0.39 is 5.72 Å². The minimum absolute atomic E-state index is 0.242. The Morgan fingerprint density at radius 3 is 2.28 bits per heavy atom. The first-order valence-corrected chi connectivity index (χ1v) is 11.9. The van der Waals surface area contributed by atoms with Crippen molar-refractivity contribution in [3.05, 3.63) is 60.2 Å². The van der Waals surface area contributed by atoms with E-state index in [2.05, 4.69) is 85.3 Å². The van der Waals surface area contributed by atoms with Gasteiger partial charge >= 0.3 is 0 Å². The fraction of sp³-hybridized carbons (Fsp3) is 0.393. The molecular formula is C28H31N3O. The van der Waals surface area contributed by atoms with Gasteiger partial charge in [-0.15, -0.1) is 0 Å². The van der Waals surface area contributed by atoms with Gasteiger partial charge in [-0.05, 0) is 38.3 Å². The molecule has 1 unspecified atom stereocenters. The van der Waals surface area contributed by atoms with Crippen LogP contribution >= 0.6 is 0 Å². The zero-order valence-corrected chi connectivity index (χ0v) is 19.3. The van der Waals surface area contributed by atoms with E-state index in [-0.39, 0.29) is 5.41 Å². The summed E-state index contributed by atoms with van der Waals surface area (Å²) < 4.78 is 7.01. The highest BCUT2D eigenvalue weighted by Crippen LogP contribution is 2.55. The number of para-hydroxylation sites is 1. The van der Waals surface area contributed by atoms with Gasteiger partial charge in [-0.1, -0.05) is 55.3 Å². The molecule has 0 saturated carbocycles. The number of fused-ring (bicyclic) bond motifs is 4. The summed E-state index contributed by atoms with van der Waals surface area (Å²) in [5.41, 5.74) is 3.84.